The molecule has 0 bridgehead atoms. The molecule has 0 aromatic rings. The third kappa shape index (κ3) is 1.74. The summed E-state index contributed by atoms with van der Waals surface area (Å²) in [4.78, 5) is 11.4. The summed E-state index contributed by atoms with van der Waals surface area (Å²) >= 11 is 0. The Morgan fingerprint density at radius 1 is 0.929 bits per heavy atom. The normalized spacial score (nSPS) is 45.1. The van der Waals surface area contributed by atoms with Crippen molar-refractivity contribution in [3.05, 3.63) is 0 Å². The topological polar surface area (TPSA) is 17.1 Å². The maximum atomic E-state index is 11.4. The fourth-order valence-corrected chi connectivity index (χ4v) is 3.32. The summed E-state index contributed by atoms with van der Waals surface area (Å²) in [6, 6.07) is 0. The van der Waals surface area contributed by atoms with Gasteiger partial charge in [0, 0.05) is 5.92 Å². The molecule has 1 heteroatoms. The summed E-state index contributed by atoms with van der Waals surface area (Å²) in [5.41, 5.74) is 0. The first-order chi connectivity index (χ1) is 6.37. The van der Waals surface area contributed by atoms with Crippen molar-refractivity contribution >= 4 is 5.78 Å². The molecule has 0 radical (unpaired) electrons. The Morgan fingerprint density at radius 3 is 1.57 bits per heavy atom. The van der Waals surface area contributed by atoms with Gasteiger partial charge in [-0.15, -0.1) is 0 Å². The molecule has 1 fully saturated rings. The van der Waals surface area contributed by atoms with Gasteiger partial charge in [-0.2, -0.15) is 0 Å². The number of hydrogen-bond acceptors (Lipinski definition) is 1. The highest BCUT2D eigenvalue weighted by Crippen LogP contribution is 2.48. The van der Waals surface area contributed by atoms with Crippen LogP contribution in [0.3, 0.4) is 0 Å². The minimum atomic E-state index is 0.243. The van der Waals surface area contributed by atoms with E-state index in [1.807, 2.05) is 0 Å². The molecule has 1 aliphatic carbocycles. The van der Waals surface area contributed by atoms with Crippen molar-refractivity contribution in [3.63, 3.8) is 0 Å². The van der Waals surface area contributed by atoms with Crippen molar-refractivity contribution in [1.82, 2.24) is 0 Å². The molecule has 14 heavy (non-hydrogen) atoms. The van der Waals surface area contributed by atoms with Crippen LogP contribution in [0.2, 0.25) is 0 Å². The molecule has 0 aliphatic heterocycles. The summed E-state index contributed by atoms with van der Waals surface area (Å²) in [5, 5.41) is 0. The summed E-state index contributed by atoms with van der Waals surface area (Å²) < 4.78 is 0. The molecule has 0 spiro atoms. The Hall–Kier alpha value is -0.330. The van der Waals surface area contributed by atoms with Gasteiger partial charge in [0.15, 0.2) is 0 Å². The lowest BCUT2D eigenvalue weighted by atomic mass is 9.78. The van der Waals surface area contributed by atoms with Crippen LogP contribution in [-0.2, 0) is 4.79 Å². The second-order valence-corrected chi connectivity index (χ2v) is 5.41. The molecule has 1 nitrogen and oxygen atoms in total. The smallest absolute Gasteiger partial charge is 0.132 e. The molecule has 0 saturated heterocycles. The predicted molar refractivity (Wildman–Crippen MR) is 60.0 cm³/mol. The largest absolute Gasteiger partial charge is 0.300 e. The second kappa shape index (κ2) is 4.04. The monoisotopic (exact) mass is 196 g/mol. The number of ketones is 1. The van der Waals surface area contributed by atoms with E-state index in [9.17, 15) is 4.79 Å². The average molecular weight is 196 g/mol. The van der Waals surface area contributed by atoms with Crippen LogP contribution in [0.15, 0.2) is 0 Å². The maximum absolute atomic E-state index is 11.4. The highest BCUT2D eigenvalue weighted by atomic mass is 16.1. The number of Topliss-reactive ketones (excluding diaryl/α,β-unsaturated/α-hetero) is 1. The van der Waals surface area contributed by atoms with Crippen LogP contribution in [0.25, 0.3) is 0 Å². The second-order valence-electron chi connectivity index (χ2n) is 5.41. The van der Waals surface area contributed by atoms with Gasteiger partial charge in [-0.05, 0) is 36.5 Å². The molecule has 1 aliphatic rings. The van der Waals surface area contributed by atoms with E-state index in [0.717, 1.165) is 11.8 Å². The first kappa shape index (κ1) is 11.7. The molecule has 0 amide bonds. The summed E-state index contributed by atoms with van der Waals surface area (Å²) in [5.74, 6) is 4.10. The number of carbonyl (C=O) groups is 1. The Balaban J connectivity index is 2.84. The molecule has 1 saturated carbocycles. The van der Waals surface area contributed by atoms with Gasteiger partial charge < -0.3 is 0 Å². The van der Waals surface area contributed by atoms with E-state index in [2.05, 4.69) is 34.6 Å². The van der Waals surface area contributed by atoms with Gasteiger partial charge in [0.25, 0.3) is 0 Å². The molecule has 82 valence electrons. The van der Waals surface area contributed by atoms with Crippen molar-refractivity contribution in [1.29, 1.82) is 0 Å². The van der Waals surface area contributed by atoms with Gasteiger partial charge >= 0.3 is 0 Å². The van der Waals surface area contributed by atoms with Crippen LogP contribution in [-0.4, -0.2) is 5.78 Å². The third-order valence-electron chi connectivity index (χ3n) is 4.92. The molecule has 5 atom stereocenters. The van der Waals surface area contributed by atoms with Crippen molar-refractivity contribution in [2.24, 2.45) is 35.5 Å². The predicted octanol–water partition coefficient (Wildman–Crippen LogP) is 3.39. The van der Waals surface area contributed by atoms with Crippen molar-refractivity contribution in [3.8, 4) is 0 Å². The van der Waals surface area contributed by atoms with E-state index < -0.39 is 0 Å². The lowest BCUT2D eigenvalue weighted by Crippen LogP contribution is -2.26. The van der Waals surface area contributed by atoms with Gasteiger partial charge in [-0.3, -0.25) is 4.79 Å². The number of hydrogen-bond donors (Lipinski definition) is 0. The average Bonchev–Trinajstić information content (AvgIpc) is 2.30. The van der Waals surface area contributed by atoms with Crippen molar-refractivity contribution in [2.45, 2.75) is 41.5 Å². The number of rotatable bonds is 2. The van der Waals surface area contributed by atoms with Gasteiger partial charge in [0.1, 0.15) is 5.78 Å². The Morgan fingerprint density at radius 2 is 1.29 bits per heavy atom. The minimum Gasteiger partial charge on any atom is -0.300 e. The maximum Gasteiger partial charge on any atom is 0.132 e. The van der Waals surface area contributed by atoms with E-state index in [-0.39, 0.29) is 5.92 Å². The lowest BCUT2D eigenvalue weighted by molar-refractivity contribution is -0.122. The molecule has 5 unspecified atom stereocenters. The van der Waals surface area contributed by atoms with Gasteiger partial charge in [0.05, 0.1) is 0 Å². The molecule has 0 aromatic carbocycles. The van der Waals surface area contributed by atoms with Gasteiger partial charge in [-0.25, -0.2) is 0 Å². The summed E-state index contributed by atoms with van der Waals surface area (Å²) in [6.45, 7) is 13.1. The third-order valence-corrected chi connectivity index (χ3v) is 4.92. The van der Waals surface area contributed by atoms with E-state index >= 15 is 0 Å². The van der Waals surface area contributed by atoms with Crippen LogP contribution in [0, 0.1) is 35.5 Å². The first-order valence-electron chi connectivity index (χ1n) is 5.88. The molecule has 0 heterocycles. The molecular formula is C13H24O. The highest BCUT2D eigenvalue weighted by molar-refractivity contribution is 5.78. The van der Waals surface area contributed by atoms with E-state index in [1.54, 1.807) is 6.92 Å². The molecule has 1 rings (SSSR count). The van der Waals surface area contributed by atoms with E-state index in [0.29, 0.717) is 23.5 Å². The molecule has 0 N–H and O–H groups in total. The quantitative estimate of drug-likeness (QED) is 0.661. The van der Waals surface area contributed by atoms with Crippen LogP contribution >= 0.6 is 0 Å². The minimum absolute atomic E-state index is 0.243. The first-order valence-corrected chi connectivity index (χ1v) is 5.88. The van der Waals surface area contributed by atoms with Crippen LogP contribution in [0.5, 0.6) is 0 Å². The zero-order valence-electron chi connectivity index (χ0n) is 10.4. The summed E-state index contributed by atoms with van der Waals surface area (Å²) in [6.07, 6.45) is 0. The number of carbonyl (C=O) groups excluding carboxylic acids is 1. The van der Waals surface area contributed by atoms with E-state index in [1.165, 1.54) is 0 Å². The van der Waals surface area contributed by atoms with Crippen LogP contribution in [0.4, 0.5) is 0 Å². The molecule has 0 aromatic heterocycles. The van der Waals surface area contributed by atoms with Gasteiger partial charge in [0.2, 0.25) is 0 Å². The van der Waals surface area contributed by atoms with Gasteiger partial charge in [-0.1, -0.05) is 34.6 Å². The van der Waals surface area contributed by atoms with Crippen LogP contribution < -0.4 is 0 Å². The lowest BCUT2D eigenvalue weighted by Gasteiger charge is -2.26. The van der Waals surface area contributed by atoms with Crippen molar-refractivity contribution < 1.29 is 4.79 Å². The fraction of sp³-hybridized carbons (Fsp3) is 0.923. The van der Waals surface area contributed by atoms with E-state index in [4.69, 9.17) is 0 Å². The zero-order valence-corrected chi connectivity index (χ0v) is 10.4. The molecular weight excluding hydrogens is 172 g/mol. The Kier molecular flexibility index (Phi) is 3.39. The Bertz CT molecular complexity index is 207. The van der Waals surface area contributed by atoms with Crippen molar-refractivity contribution in [2.75, 3.05) is 0 Å². The highest BCUT2D eigenvalue weighted by Gasteiger charge is 2.44. The zero-order chi connectivity index (χ0) is 11.0. The SMILES string of the molecule is CC(=O)C(C)C1C(C)C(C)C(C)C1C. The Labute approximate surface area is 88.3 Å². The van der Waals surface area contributed by atoms with Crippen LogP contribution in [0.1, 0.15) is 41.5 Å². The standard InChI is InChI=1S/C13H24O/c1-7-8(2)10(4)13(9(7)3)11(5)12(6)14/h7-11,13H,1-6H3. The summed E-state index contributed by atoms with van der Waals surface area (Å²) in [7, 11) is 0. The fourth-order valence-electron chi connectivity index (χ4n) is 3.32.